The lowest BCUT2D eigenvalue weighted by Gasteiger charge is -2.27. The molecule has 0 saturated heterocycles. The highest BCUT2D eigenvalue weighted by molar-refractivity contribution is 7.98. The quantitative estimate of drug-likeness (QED) is 0.0485. The highest BCUT2D eigenvalue weighted by Crippen LogP contribution is 2.31. The van der Waals surface area contributed by atoms with Crippen LogP contribution in [0.5, 0.6) is 0 Å². The minimum atomic E-state index is -4.88. The largest absolute Gasteiger partial charge is 0.394 e. The maximum Gasteiger partial charge on any atom is 0.377 e. The van der Waals surface area contributed by atoms with E-state index in [2.05, 4.69) is 47.5 Å². The van der Waals surface area contributed by atoms with E-state index in [0.29, 0.717) is 5.75 Å². The number of rotatable bonds is 22. The SMILES string of the molecule is CSCC[C@H](NC(=O)CNC(C)=O)C(=O)N[C@H](C(=O)N[C@@H](CO)C(=O)N[C@@H](Cn1cc(P(=O)(O)O)nn1)C(=O)N[C@@H](C)C(=O)N[C@@H](C)C(N)=O)[C@@H](C)O. The second-order valence-corrected chi connectivity index (χ2v) is 14.1. The third-order valence-corrected chi connectivity index (χ3v) is 8.45. The number of nitrogens with one attached hydrogen (secondary N) is 7. The van der Waals surface area contributed by atoms with Crippen LogP contribution >= 0.6 is 19.4 Å². The predicted molar refractivity (Wildman–Crippen MR) is 184 cm³/mol. The van der Waals surface area contributed by atoms with Crippen LogP contribution in [0, 0.1) is 0 Å². The summed E-state index contributed by atoms with van der Waals surface area (Å²) >= 11 is 1.34. The Bertz CT molecular complexity index is 1540. The summed E-state index contributed by atoms with van der Waals surface area (Å²) < 4.78 is 12.4. The zero-order chi connectivity index (χ0) is 40.6. The van der Waals surface area contributed by atoms with Crippen LogP contribution in [0.3, 0.4) is 0 Å². The molecule has 0 saturated carbocycles. The van der Waals surface area contributed by atoms with Crippen LogP contribution in [0.4, 0.5) is 0 Å². The van der Waals surface area contributed by atoms with Gasteiger partial charge in [-0.1, -0.05) is 5.21 Å². The molecule has 0 spiro atoms. The van der Waals surface area contributed by atoms with Gasteiger partial charge in [0.2, 0.25) is 47.3 Å². The summed E-state index contributed by atoms with van der Waals surface area (Å²) in [5.41, 5.74) is 4.36. The van der Waals surface area contributed by atoms with Crippen molar-refractivity contribution in [2.24, 2.45) is 5.73 Å². The van der Waals surface area contributed by atoms with E-state index in [1.807, 2.05) is 0 Å². The summed E-state index contributed by atoms with van der Waals surface area (Å²) in [5, 5.41) is 43.0. The van der Waals surface area contributed by atoms with Gasteiger partial charge >= 0.3 is 7.60 Å². The summed E-state index contributed by atoms with van der Waals surface area (Å²) in [4.78, 5) is 119. The number of nitrogens with zero attached hydrogens (tertiary/aromatic N) is 3. The Morgan fingerprint density at radius 3 is 1.92 bits per heavy atom. The van der Waals surface area contributed by atoms with Gasteiger partial charge in [0.25, 0.3) is 0 Å². The molecule has 0 aliphatic carbocycles. The molecule has 0 aromatic carbocycles. The lowest BCUT2D eigenvalue weighted by Crippen LogP contribution is -2.62. The maximum atomic E-state index is 13.3. The molecule has 1 heterocycles. The Kier molecular flexibility index (Phi) is 19.0. The van der Waals surface area contributed by atoms with Crippen molar-refractivity contribution in [3.63, 3.8) is 0 Å². The molecule has 1 aromatic heterocycles. The number of nitrogens with two attached hydrogens (primary N) is 1. The minimum Gasteiger partial charge on any atom is -0.394 e. The Labute approximate surface area is 307 Å². The topological polar surface area (TPSA) is 375 Å². The van der Waals surface area contributed by atoms with E-state index in [0.717, 1.165) is 17.8 Å². The molecule has 53 heavy (non-hydrogen) atoms. The van der Waals surface area contributed by atoms with Gasteiger partial charge in [0.15, 0.2) is 5.44 Å². The highest BCUT2D eigenvalue weighted by Gasteiger charge is 2.34. The van der Waals surface area contributed by atoms with Gasteiger partial charge in [-0.3, -0.25) is 42.9 Å². The summed E-state index contributed by atoms with van der Waals surface area (Å²) in [6.45, 7) is 2.66. The first kappa shape index (κ1) is 46.3. The Morgan fingerprint density at radius 1 is 0.849 bits per heavy atom. The van der Waals surface area contributed by atoms with Gasteiger partial charge in [-0.2, -0.15) is 11.8 Å². The lowest BCUT2D eigenvalue weighted by molar-refractivity contribution is -0.137. The van der Waals surface area contributed by atoms with Crippen molar-refractivity contribution < 1.29 is 62.9 Å². The standard InChI is InChI=1S/C27H46N11O13PS/c1-12(22(28)43)30-23(44)13(2)31-25(46)17(9-38-10-20(36-37-38)52(49,50)51)33-26(47)18(11-39)34-27(48)21(14(3)40)35-24(45)16(6-7-53-5)32-19(42)8-29-15(4)41/h10,12-14,16-18,21,39-40H,6-9,11H2,1-5H3,(H2,28,43)(H,29,41)(H,30,44)(H,31,46)(H,32,42)(H,33,47)(H,34,48)(H,35,45)(H2,49,50,51)/t12-,13-,14+,16-,17-,18-,21-/m0/s1. The van der Waals surface area contributed by atoms with Crippen LogP contribution < -0.4 is 48.4 Å². The third-order valence-electron chi connectivity index (χ3n) is 7.00. The third kappa shape index (κ3) is 16.3. The predicted octanol–water partition coefficient (Wildman–Crippen LogP) is -7.22. The molecular weight excluding hydrogens is 749 g/mol. The van der Waals surface area contributed by atoms with Gasteiger partial charge in [-0.05, 0) is 39.2 Å². The van der Waals surface area contributed by atoms with Crippen LogP contribution in [0.1, 0.15) is 34.1 Å². The Balaban J connectivity index is 3.21. The summed E-state index contributed by atoms with van der Waals surface area (Å²) in [6.07, 6.45) is 1.03. The van der Waals surface area contributed by atoms with Gasteiger partial charge in [-0.15, -0.1) is 5.10 Å². The van der Waals surface area contributed by atoms with Gasteiger partial charge in [0.1, 0.15) is 36.3 Å². The van der Waals surface area contributed by atoms with Crippen LogP contribution in [-0.2, 0) is 49.5 Å². The number of thioether (sulfide) groups is 1. The van der Waals surface area contributed by atoms with Crippen LogP contribution in [-0.4, -0.2) is 150 Å². The molecular formula is C27H46N11O13PS. The van der Waals surface area contributed by atoms with E-state index in [4.69, 9.17) is 5.73 Å². The van der Waals surface area contributed by atoms with Crippen molar-refractivity contribution in [3.05, 3.63) is 6.20 Å². The van der Waals surface area contributed by atoms with Crippen molar-refractivity contribution in [2.45, 2.75) is 83.0 Å². The fourth-order valence-electron chi connectivity index (χ4n) is 4.02. The molecule has 0 bridgehead atoms. The number of primary amides is 1. The first-order valence-corrected chi connectivity index (χ1v) is 18.7. The van der Waals surface area contributed by atoms with Crippen molar-refractivity contribution in [1.82, 2.24) is 52.2 Å². The lowest BCUT2D eigenvalue weighted by atomic mass is 10.1. The first-order valence-electron chi connectivity index (χ1n) is 15.7. The number of aromatic nitrogens is 3. The number of carbonyl (C=O) groups excluding carboxylic acids is 8. The van der Waals surface area contributed by atoms with E-state index in [1.165, 1.54) is 32.5 Å². The smallest absolute Gasteiger partial charge is 0.377 e. The number of hydrogen-bond donors (Lipinski definition) is 12. The van der Waals surface area contributed by atoms with Crippen molar-refractivity contribution in [3.8, 4) is 0 Å². The fraction of sp³-hybridized carbons (Fsp3) is 0.630. The van der Waals surface area contributed by atoms with Crippen LogP contribution in [0.25, 0.3) is 0 Å². The molecule has 24 nitrogen and oxygen atoms in total. The number of hydrogen-bond acceptors (Lipinski definition) is 14. The second-order valence-electron chi connectivity index (χ2n) is 11.5. The number of aliphatic hydroxyl groups excluding tert-OH is 2. The second kappa shape index (κ2) is 21.8. The molecule has 0 unspecified atom stereocenters. The Hall–Kier alpha value is -4.68. The minimum absolute atomic E-state index is 0.0873. The average Bonchev–Trinajstić information content (AvgIpc) is 3.55. The van der Waals surface area contributed by atoms with Gasteiger partial charge in [0.05, 0.1) is 32.0 Å². The fourth-order valence-corrected chi connectivity index (χ4v) is 4.93. The van der Waals surface area contributed by atoms with Gasteiger partial charge in [-0.25, -0.2) is 4.68 Å². The van der Waals surface area contributed by atoms with Crippen molar-refractivity contribution in [1.29, 1.82) is 0 Å². The van der Waals surface area contributed by atoms with E-state index in [-0.39, 0.29) is 6.42 Å². The molecule has 0 aliphatic rings. The van der Waals surface area contributed by atoms with Gasteiger partial charge in [0, 0.05) is 6.92 Å². The van der Waals surface area contributed by atoms with E-state index >= 15 is 0 Å². The molecule has 7 atom stereocenters. The molecule has 0 radical (unpaired) electrons. The van der Waals surface area contributed by atoms with E-state index in [9.17, 15) is 62.9 Å². The zero-order valence-electron chi connectivity index (χ0n) is 29.4. The molecule has 298 valence electrons. The molecule has 0 fully saturated rings. The average molecular weight is 796 g/mol. The summed E-state index contributed by atoms with van der Waals surface area (Å²) in [6, 6.07) is -8.94. The highest BCUT2D eigenvalue weighted by atomic mass is 32.2. The molecule has 1 aromatic rings. The van der Waals surface area contributed by atoms with Crippen LogP contribution in [0.2, 0.25) is 0 Å². The number of aliphatic hydroxyl groups is 2. The number of amides is 8. The summed E-state index contributed by atoms with van der Waals surface area (Å²) in [5.74, 6) is -6.91. The molecule has 1 rings (SSSR count). The van der Waals surface area contributed by atoms with Crippen molar-refractivity contribution >= 4 is 72.1 Å². The summed E-state index contributed by atoms with van der Waals surface area (Å²) in [7, 11) is -4.88. The van der Waals surface area contributed by atoms with Crippen molar-refractivity contribution in [2.75, 3.05) is 25.2 Å². The van der Waals surface area contributed by atoms with E-state index < -0.39 is 122 Å². The van der Waals surface area contributed by atoms with Gasteiger partial charge < -0.3 is 63.0 Å². The number of carbonyl (C=O) groups is 8. The van der Waals surface area contributed by atoms with E-state index in [1.54, 1.807) is 6.26 Å². The Morgan fingerprint density at radius 2 is 1.42 bits per heavy atom. The first-order chi connectivity index (χ1) is 24.6. The molecule has 0 aliphatic heterocycles. The molecule has 26 heteroatoms. The molecule has 13 N–H and O–H groups in total. The monoisotopic (exact) mass is 795 g/mol. The normalized spacial score (nSPS) is 15.2. The molecule has 8 amide bonds. The zero-order valence-corrected chi connectivity index (χ0v) is 31.1. The maximum absolute atomic E-state index is 13.3. The van der Waals surface area contributed by atoms with Crippen LogP contribution in [0.15, 0.2) is 6.20 Å².